The van der Waals surface area contributed by atoms with E-state index in [-0.39, 0.29) is 6.10 Å². The Kier molecular flexibility index (Phi) is 2.87. The van der Waals surface area contributed by atoms with Gasteiger partial charge in [0.25, 0.3) is 0 Å². The van der Waals surface area contributed by atoms with Gasteiger partial charge in [-0.25, -0.2) is 0 Å². The van der Waals surface area contributed by atoms with E-state index in [1.807, 2.05) is 11.3 Å². The molecule has 1 aromatic carbocycles. The summed E-state index contributed by atoms with van der Waals surface area (Å²) in [5.74, 6) is 1.27. The fourth-order valence-corrected chi connectivity index (χ4v) is 4.81. The number of nitrogens with zero attached hydrogens (tertiary/aromatic N) is 1. The first kappa shape index (κ1) is 11.9. The number of benzene rings is 1. The molecule has 1 saturated heterocycles. The topological polar surface area (TPSA) is 23.5 Å². The normalized spacial score (nSPS) is 31.1. The molecule has 0 amide bonds. The Morgan fingerprint density at radius 2 is 2.11 bits per heavy atom. The standard InChI is InChI=1S/C16H19NOS/c18-15-6-5-11-7-17(9-14(11)15)8-12-10-19-16-4-2-1-3-13(12)16/h1-4,10-11,14-15,18H,5-9H2. The predicted octanol–water partition coefficient (Wildman–Crippen LogP) is 3.10. The highest BCUT2D eigenvalue weighted by Gasteiger charge is 2.41. The Bertz CT molecular complexity index is 593. The molecule has 2 nitrogen and oxygen atoms in total. The van der Waals surface area contributed by atoms with Gasteiger partial charge in [0.1, 0.15) is 0 Å². The van der Waals surface area contributed by atoms with E-state index >= 15 is 0 Å². The molecule has 2 heterocycles. The van der Waals surface area contributed by atoms with Crippen LogP contribution in [0.5, 0.6) is 0 Å². The van der Waals surface area contributed by atoms with E-state index in [0.29, 0.717) is 5.92 Å². The van der Waals surface area contributed by atoms with Crippen molar-refractivity contribution in [3.63, 3.8) is 0 Å². The molecule has 2 fully saturated rings. The third-order valence-electron chi connectivity index (χ3n) is 4.85. The van der Waals surface area contributed by atoms with E-state index in [1.54, 1.807) is 0 Å². The molecule has 100 valence electrons. The largest absolute Gasteiger partial charge is 0.393 e. The minimum Gasteiger partial charge on any atom is -0.393 e. The van der Waals surface area contributed by atoms with Crippen molar-refractivity contribution in [2.75, 3.05) is 13.1 Å². The van der Waals surface area contributed by atoms with Crippen LogP contribution in [0.2, 0.25) is 0 Å². The summed E-state index contributed by atoms with van der Waals surface area (Å²) >= 11 is 1.84. The number of fused-ring (bicyclic) bond motifs is 2. The van der Waals surface area contributed by atoms with E-state index in [4.69, 9.17) is 0 Å². The van der Waals surface area contributed by atoms with Crippen molar-refractivity contribution in [2.24, 2.45) is 11.8 Å². The molecule has 1 aromatic heterocycles. The van der Waals surface area contributed by atoms with Gasteiger partial charge in [-0.15, -0.1) is 11.3 Å². The van der Waals surface area contributed by atoms with Crippen LogP contribution >= 0.6 is 11.3 Å². The van der Waals surface area contributed by atoms with Gasteiger partial charge in [0.05, 0.1) is 6.10 Å². The summed E-state index contributed by atoms with van der Waals surface area (Å²) in [6.07, 6.45) is 2.19. The van der Waals surface area contributed by atoms with Crippen molar-refractivity contribution in [1.29, 1.82) is 0 Å². The van der Waals surface area contributed by atoms with E-state index in [0.717, 1.165) is 25.4 Å². The lowest BCUT2D eigenvalue weighted by molar-refractivity contribution is 0.123. The highest BCUT2D eigenvalue weighted by Crippen LogP contribution is 2.39. The van der Waals surface area contributed by atoms with Gasteiger partial charge < -0.3 is 5.11 Å². The van der Waals surface area contributed by atoms with E-state index in [9.17, 15) is 5.11 Å². The minimum absolute atomic E-state index is 0.0470. The van der Waals surface area contributed by atoms with Crippen molar-refractivity contribution in [3.05, 3.63) is 35.2 Å². The maximum absolute atomic E-state index is 9.99. The molecule has 2 aromatic rings. The summed E-state index contributed by atoms with van der Waals surface area (Å²) in [6, 6.07) is 8.67. The molecular formula is C16H19NOS. The molecule has 0 radical (unpaired) electrons. The molecule has 0 bridgehead atoms. The van der Waals surface area contributed by atoms with Gasteiger partial charge >= 0.3 is 0 Å². The molecule has 4 rings (SSSR count). The lowest BCUT2D eigenvalue weighted by atomic mass is 10.00. The molecule has 3 heteroatoms. The quantitative estimate of drug-likeness (QED) is 0.909. The summed E-state index contributed by atoms with van der Waals surface area (Å²) in [5.41, 5.74) is 1.45. The smallest absolute Gasteiger partial charge is 0.0583 e. The van der Waals surface area contributed by atoms with Crippen molar-refractivity contribution in [2.45, 2.75) is 25.5 Å². The second-order valence-electron chi connectivity index (χ2n) is 6.02. The molecule has 1 aliphatic heterocycles. The molecule has 19 heavy (non-hydrogen) atoms. The lowest BCUT2D eigenvalue weighted by Gasteiger charge is -2.17. The second kappa shape index (κ2) is 4.58. The molecular weight excluding hydrogens is 254 g/mol. The Balaban J connectivity index is 1.53. The van der Waals surface area contributed by atoms with Gasteiger partial charge in [-0.05, 0) is 41.2 Å². The number of hydrogen-bond donors (Lipinski definition) is 1. The zero-order chi connectivity index (χ0) is 12.8. The summed E-state index contributed by atoms with van der Waals surface area (Å²) in [4.78, 5) is 2.53. The fraction of sp³-hybridized carbons (Fsp3) is 0.500. The Labute approximate surface area is 117 Å². The molecule has 1 aliphatic carbocycles. The Morgan fingerprint density at radius 1 is 1.21 bits per heavy atom. The summed E-state index contributed by atoms with van der Waals surface area (Å²) in [6.45, 7) is 3.30. The van der Waals surface area contributed by atoms with Crippen LogP contribution in [0.15, 0.2) is 29.6 Å². The summed E-state index contributed by atoms with van der Waals surface area (Å²) in [7, 11) is 0. The average molecular weight is 273 g/mol. The van der Waals surface area contributed by atoms with Gasteiger partial charge in [-0.2, -0.15) is 0 Å². The van der Waals surface area contributed by atoms with Crippen LogP contribution in [-0.2, 0) is 6.54 Å². The van der Waals surface area contributed by atoms with Crippen LogP contribution in [0.1, 0.15) is 18.4 Å². The van der Waals surface area contributed by atoms with Crippen LogP contribution in [0.4, 0.5) is 0 Å². The SMILES string of the molecule is OC1CCC2CN(Cc3csc4ccccc34)CC12. The molecule has 3 atom stereocenters. The van der Waals surface area contributed by atoms with E-state index in [1.165, 1.54) is 28.6 Å². The first-order chi connectivity index (χ1) is 9.31. The number of rotatable bonds is 2. The number of hydrogen-bond acceptors (Lipinski definition) is 3. The van der Waals surface area contributed by atoms with Crippen molar-refractivity contribution < 1.29 is 5.11 Å². The lowest BCUT2D eigenvalue weighted by Crippen LogP contribution is -2.24. The highest BCUT2D eigenvalue weighted by molar-refractivity contribution is 7.17. The van der Waals surface area contributed by atoms with Gasteiger partial charge in [0.15, 0.2) is 0 Å². The van der Waals surface area contributed by atoms with Gasteiger partial charge in [-0.1, -0.05) is 18.2 Å². The third kappa shape index (κ3) is 2.00. The maximum atomic E-state index is 9.99. The van der Waals surface area contributed by atoms with Crippen LogP contribution in [0.25, 0.3) is 10.1 Å². The van der Waals surface area contributed by atoms with Crippen molar-refractivity contribution in [1.82, 2.24) is 4.90 Å². The molecule has 2 aliphatic rings. The predicted molar refractivity (Wildman–Crippen MR) is 79.3 cm³/mol. The van der Waals surface area contributed by atoms with Gasteiger partial charge in [0, 0.05) is 30.3 Å². The molecule has 0 spiro atoms. The fourth-order valence-electron chi connectivity index (χ4n) is 3.85. The zero-order valence-electron chi connectivity index (χ0n) is 11.0. The average Bonchev–Trinajstić information content (AvgIpc) is 3.09. The number of likely N-dealkylation sites (tertiary alicyclic amines) is 1. The van der Waals surface area contributed by atoms with Crippen molar-refractivity contribution >= 4 is 21.4 Å². The molecule has 3 unspecified atom stereocenters. The Hall–Kier alpha value is -0.900. The number of aliphatic hydroxyl groups is 1. The third-order valence-corrected chi connectivity index (χ3v) is 5.86. The minimum atomic E-state index is -0.0470. The summed E-state index contributed by atoms with van der Waals surface area (Å²) < 4.78 is 1.39. The van der Waals surface area contributed by atoms with E-state index < -0.39 is 0 Å². The summed E-state index contributed by atoms with van der Waals surface area (Å²) in [5, 5.41) is 13.7. The van der Waals surface area contributed by atoms with Gasteiger partial charge in [0.2, 0.25) is 0 Å². The van der Waals surface area contributed by atoms with E-state index in [2.05, 4.69) is 34.5 Å². The highest BCUT2D eigenvalue weighted by atomic mass is 32.1. The molecule has 1 saturated carbocycles. The first-order valence-electron chi connectivity index (χ1n) is 7.17. The second-order valence-corrected chi connectivity index (χ2v) is 6.93. The Morgan fingerprint density at radius 3 is 3.00 bits per heavy atom. The first-order valence-corrected chi connectivity index (χ1v) is 8.05. The van der Waals surface area contributed by atoms with Crippen molar-refractivity contribution in [3.8, 4) is 0 Å². The molecule has 1 N–H and O–H groups in total. The van der Waals surface area contributed by atoms with Crippen LogP contribution in [0.3, 0.4) is 0 Å². The van der Waals surface area contributed by atoms with Gasteiger partial charge in [-0.3, -0.25) is 4.90 Å². The van der Waals surface area contributed by atoms with Crippen LogP contribution in [0, 0.1) is 11.8 Å². The number of aliphatic hydroxyl groups excluding tert-OH is 1. The zero-order valence-corrected chi connectivity index (χ0v) is 11.8. The van der Waals surface area contributed by atoms with Crippen LogP contribution in [-0.4, -0.2) is 29.2 Å². The monoisotopic (exact) mass is 273 g/mol. The number of thiophene rings is 1. The van der Waals surface area contributed by atoms with Crippen LogP contribution < -0.4 is 0 Å². The maximum Gasteiger partial charge on any atom is 0.0583 e.